The number of carbonyl (C=O) groups is 3. The van der Waals surface area contributed by atoms with E-state index >= 15 is 0 Å². The Hall–Kier alpha value is -1.86. The second-order valence-corrected chi connectivity index (χ2v) is 5.32. The first-order chi connectivity index (χ1) is 10.0. The smallest absolute Gasteiger partial charge is 0.251 e. The van der Waals surface area contributed by atoms with Crippen LogP contribution in [0.3, 0.4) is 0 Å². The number of anilines is 1. The van der Waals surface area contributed by atoms with Crippen molar-refractivity contribution in [2.45, 2.75) is 11.7 Å². The van der Waals surface area contributed by atoms with Gasteiger partial charge < -0.3 is 10.6 Å². The molecule has 1 aliphatic rings. The molecule has 1 unspecified atom stereocenters. The largest absolute Gasteiger partial charge is 0.351 e. The minimum Gasteiger partial charge on any atom is -0.351 e. The Morgan fingerprint density at radius 2 is 1.95 bits per heavy atom. The van der Waals surface area contributed by atoms with E-state index in [9.17, 15) is 14.4 Å². The monoisotopic (exact) mass is 307 g/mol. The highest BCUT2D eigenvalue weighted by atomic mass is 32.1. The molecule has 3 amide bonds. The van der Waals surface area contributed by atoms with E-state index in [1.165, 1.54) is 0 Å². The van der Waals surface area contributed by atoms with Crippen LogP contribution in [0.5, 0.6) is 0 Å². The highest BCUT2D eigenvalue weighted by Crippen LogP contribution is 2.25. The average Bonchev–Trinajstić information content (AvgIpc) is 2.72. The lowest BCUT2D eigenvalue weighted by atomic mass is 10.2. The number of nitrogens with one attached hydrogen (secondary N) is 2. The molecule has 0 saturated carbocycles. The standard InChI is InChI=1S/C14H17N3O3S/c1-15-6-7-16-13(19)9-2-4-10(5-3-9)17-12(18)8-11(21)14(17)20/h2-5,11,15,21H,6-8H2,1H3,(H,16,19). The van der Waals surface area contributed by atoms with Crippen molar-refractivity contribution in [1.29, 1.82) is 0 Å². The van der Waals surface area contributed by atoms with Crippen LogP contribution < -0.4 is 15.5 Å². The van der Waals surface area contributed by atoms with Crippen LogP contribution >= 0.6 is 12.6 Å². The number of imide groups is 1. The quantitative estimate of drug-likeness (QED) is 0.412. The molecule has 0 aromatic heterocycles. The SMILES string of the molecule is CNCCNC(=O)c1ccc(N2C(=O)CC(S)C2=O)cc1. The number of nitrogens with zero attached hydrogens (tertiary/aromatic N) is 1. The summed E-state index contributed by atoms with van der Waals surface area (Å²) in [6.45, 7) is 1.21. The summed E-state index contributed by atoms with van der Waals surface area (Å²) in [6.07, 6.45) is 0.105. The molecule has 2 N–H and O–H groups in total. The maximum absolute atomic E-state index is 11.9. The van der Waals surface area contributed by atoms with Gasteiger partial charge in [0, 0.05) is 25.1 Å². The van der Waals surface area contributed by atoms with Crippen molar-refractivity contribution in [3.63, 3.8) is 0 Å². The van der Waals surface area contributed by atoms with E-state index in [0.29, 0.717) is 24.3 Å². The predicted octanol–water partition coefficient (Wildman–Crippen LogP) is 0.197. The zero-order valence-electron chi connectivity index (χ0n) is 11.6. The minimum absolute atomic E-state index is 0.105. The first-order valence-electron chi connectivity index (χ1n) is 6.62. The summed E-state index contributed by atoms with van der Waals surface area (Å²) in [5.74, 6) is -0.788. The van der Waals surface area contributed by atoms with Gasteiger partial charge in [0.1, 0.15) is 0 Å². The number of amides is 3. The topological polar surface area (TPSA) is 78.5 Å². The molecule has 1 atom stereocenters. The molecule has 21 heavy (non-hydrogen) atoms. The number of hydrogen-bond acceptors (Lipinski definition) is 5. The van der Waals surface area contributed by atoms with Crippen LogP contribution in [0.25, 0.3) is 0 Å². The maximum atomic E-state index is 11.9. The van der Waals surface area contributed by atoms with Crippen LogP contribution in [0.4, 0.5) is 5.69 Å². The summed E-state index contributed by atoms with van der Waals surface area (Å²) in [7, 11) is 1.81. The highest BCUT2D eigenvalue weighted by molar-refractivity contribution is 7.82. The number of thiol groups is 1. The van der Waals surface area contributed by atoms with Crippen molar-refractivity contribution in [2.24, 2.45) is 0 Å². The van der Waals surface area contributed by atoms with Gasteiger partial charge >= 0.3 is 0 Å². The summed E-state index contributed by atoms with van der Waals surface area (Å²) in [5, 5.41) is 5.10. The van der Waals surface area contributed by atoms with Crippen molar-refractivity contribution in [3.05, 3.63) is 29.8 Å². The van der Waals surface area contributed by atoms with E-state index in [-0.39, 0.29) is 24.1 Å². The van der Waals surface area contributed by atoms with Crippen molar-refractivity contribution >= 4 is 36.0 Å². The maximum Gasteiger partial charge on any atom is 0.251 e. The van der Waals surface area contributed by atoms with Gasteiger partial charge in [0.05, 0.1) is 10.9 Å². The van der Waals surface area contributed by atoms with Gasteiger partial charge in [-0.2, -0.15) is 12.6 Å². The summed E-state index contributed by atoms with van der Waals surface area (Å²) in [6, 6.07) is 6.37. The van der Waals surface area contributed by atoms with Crippen LogP contribution in [0, 0.1) is 0 Å². The van der Waals surface area contributed by atoms with Crippen LogP contribution in [-0.2, 0) is 9.59 Å². The lowest BCUT2D eigenvalue weighted by molar-refractivity contribution is -0.121. The fraction of sp³-hybridized carbons (Fsp3) is 0.357. The molecule has 1 fully saturated rings. The van der Waals surface area contributed by atoms with Gasteiger partial charge in [0.25, 0.3) is 5.91 Å². The van der Waals surface area contributed by atoms with Crippen molar-refractivity contribution in [3.8, 4) is 0 Å². The second-order valence-electron chi connectivity index (χ2n) is 4.69. The molecule has 6 nitrogen and oxygen atoms in total. The third-order valence-electron chi connectivity index (χ3n) is 3.17. The fourth-order valence-corrected chi connectivity index (χ4v) is 2.32. The van der Waals surface area contributed by atoms with Crippen LogP contribution in [0.1, 0.15) is 16.8 Å². The van der Waals surface area contributed by atoms with E-state index in [4.69, 9.17) is 0 Å². The molecule has 0 bridgehead atoms. The zero-order valence-corrected chi connectivity index (χ0v) is 12.5. The van der Waals surface area contributed by atoms with Crippen LogP contribution in [0.15, 0.2) is 24.3 Å². The summed E-state index contributed by atoms with van der Waals surface area (Å²) >= 11 is 4.07. The van der Waals surface area contributed by atoms with Gasteiger partial charge in [-0.15, -0.1) is 0 Å². The van der Waals surface area contributed by atoms with Gasteiger partial charge in [0.15, 0.2) is 0 Å². The number of benzene rings is 1. The molecule has 0 aliphatic carbocycles. The molecule has 1 saturated heterocycles. The number of hydrogen-bond donors (Lipinski definition) is 3. The Labute approximate surface area is 128 Å². The molecule has 7 heteroatoms. The number of carbonyl (C=O) groups excluding carboxylic acids is 3. The van der Waals surface area contributed by atoms with E-state index in [0.717, 1.165) is 4.90 Å². The van der Waals surface area contributed by atoms with E-state index in [2.05, 4.69) is 23.3 Å². The van der Waals surface area contributed by atoms with E-state index < -0.39 is 5.25 Å². The molecule has 112 valence electrons. The van der Waals surface area contributed by atoms with Crippen molar-refractivity contribution in [1.82, 2.24) is 10.6 Å². The lowest BCUT2D eigenvalue weighted by Gasteiger charge is -2.14. The molecule has 1 aromatic carbocycles. The zero-order chi connectivity index (χ0) is 15.4. The summed E-state index contributed by atoms with van der Waals surface area (Å²) in [4.78, 5) is 36.6. The molecule has 1 aliphatic heterocycles. The number of likely N-dealkylation sites (N-methyl/N-ethyl adjacent to an activating group) is 1. The third kappa shape index (κ3) is 3.43. The molecular formula is C14H17N3O3S. The van der Waals surface area contributed by atoms with Crippen LogP contribution in [-0.4, -0.2) is 43.1 Å². The number of rotatable bonds is 5. The molecule has 0 radical (unpaired) electrons. The summed E-state index contributed by atoms with van der Waals surface area (Å²) in [5.41, 5.74) is 0.949. The molecule has 2 rings (SSSR count). The molecule has 1 aromatic rings. The van der Waals surface area contributed by atoms with Crippen LogP contribution in [0.2, 0.25) is 0 Å². The van der Waals surface area contributed by atoms with Crippen molar-refractivity contribution < 1.29 is 14.4 Å². The average molecular weight is 307 g/mol. The van der Waals surface area contributed by atoms with Gasteiger partial charge in [-0.3, -0.25) is 14.4 Å². The van der Waals surface area contributed by atoms with Gasteiger partial charge in [-0.1, -0.05) is 0 Å². The van der Waals surface area contributed by atoms with Crippen molar-refractivity contribution in [2.75, 3.05) is 25.0 Å². The Balaban J connectivity index is 2.07. The summed E-state index contributed by atoms with van der Waals surface area (Å²) < 4.78 is 0. The molecule has 1 heterocycles. The Kier molecular flexibility index (Phi) is 4.98. The normalized spacial score (nSPS) is 18.2. The Morgan fingerprint density at radius 3 is 2.48 bits per heavy atom. The predicted molar refractivity (Wildman–Crippen MR) is 82.6 cm³/mol. The van der Waals surface area contributed by atoms with Gasteiger partial charge in [0.2, 0.25) is 11.8 Å². The van der Waals surface area contributed by atoms with E-state index in [1.54, 1.807) is 31.3 Å². The molecule has 0 spiro atoms. The minimum atomic E-state index is -0.581. The first-order valence-corrected chi connectivity index (χ1v) is 7.14. The lowest BCUT2D eigenvalue weighted by Crippen LogP contribution is -2.31. The van der Waals surface area contributed by atoms with Gasteiger partial charge in [-0.05, 0) is 31.3 Å². The fourth-order valence-electron chi connectivity index (χ4n) is 2.05. The Morgan fingerprint density at radius 1 is 1.29 bits per heavy atom. The first kappa shape index (κ1) is 15.5. The van der Waals surface area contributed by atoms with Gasteiger partial charge in [-0.25, -0.2) is 4.90 Å². The van der Waals surface area contributed by atoms with E-state index in [1.807, 2.05) is 0 Å². The third-order valence-corrected chi connectivity index (χ3v) is 3.57. The second kappa shape index (κ2) is 6.73. The highest BCUT2D eigenvalue weighted by Gasteiger charge is 2.37. The Bertz CT molecular complexity index is 559. The molecular weight excluding hydrogens is 290 g/mol.